The normalized spacial score (nSPS) is 17.0. The van der Waals surface area contributed by atoms with Gasteiger partial charge < -0.3 is 4.90 Å². The summed E-state index contributed by atoms with van der Waals surface area (Å²) < 4.78 is 0. The monoisotopic (exact) mass is 287 g/mol. The first-order valence-electron chi connectivity index (χ1n) is 8.60. The highest BCUT2D eigenvalue weighted by Gasteiger charge is 2.18. The van der Waals surface area contributed by atoms with Crippen LogP contribution < -0.4 is 0 Å². The second-order valence-corrected chi connectivity index (χ2v) is 6.32. The summed E-state index contributed by atoms with van der Waals surface area (Å²) in [7, 11) is 0. The van der Waals surface area contributed by atoms with E-state index in [1.807, 2.05) is 30.3 Å². The Balaban J connectivity index is 1.61. The molecule has 0 amide bonds. The maximum atomic E-state index is 12.0. The Labute approximate surface area is 129 Å². The minimum Gasteiger partial charge on any atom is -0.303 e. The highest BCUT2D eigenvalue weighted by atomic mass is 16.1. The third-order valence-corrected chi connectivity index (χ3v) is 4.65. The van der Waals surface area contributed by atoms with E-state index in [-0.39, 0.29) is 5.78 Å². The Kier molecular flexibility index (Phi) is 6.94. The summed E-state index contributed by atoms with van der Waals surface area (Å²) in [6, 6.07) is 9.67. The van der Waals surface area contributed by atoms with Crippen molar-refractivity contribution in [1.29, 1.82) is 0 Å². The van der Waals surface area contributed by atoms with Gasteiger partial charge in [0.05, 0.1) is 0 Å². The van der Waals surface area contributed by atoms with Gasteiger partial charge in [-0.3, -0.25) is 4.79 Å². The smallest absolute Gasteiger partial charge is 0.162 e. The van der Waals surface area contributed by atoms with Gasteiger partial charge in [0.1, 0.15) is 0 Å². The molecule has 2 rings (SSSR count). The van der Waals surface area contributed by atoms with Crippen molar-refractivity contribution in [3.8, 4) is 0 Å². The Morgan fingerprint density at radius 3 is 2.52 bits per heavy atom. The predicted octanol–water partition coefficient (Wildman–Crippen LogP) is 4.55. The number of likely N-dealkylation sites (tertiary alicyclic amines) is 1. The van der Waals surface area contributed by atoms with Crippen molar-refractivity contribution in [2.24, 2.45) is 5.92 Å². The van der Waals surface area contributed by atoms with Gasteiger partial charge in [-0.05, 0) is 44.8 Å². The fraction of sp³-hybridized carbons (Fsp3) is 0.632. The molecule has 1 aliphatic heterocycles. The van der Waals surface area contributed by atoms with E-state index in [0.29, 0.717) is 6.42 Å². The van der Waals surface area contributed by atoms with Crippen LogP contribution in [0.15, 0.2) is 30.3 Å². The topological polar surface area (TPSA) is 20.3 Å². The largest absolute Gasteiger partial charge is 0.303 e. The van der Waals surface area contributed by atoms with Gasteiger partial charge in [-0.2, -0.15) is 0 Å². The molecule has 0 radical (unpaired) electrons. The van der Waals surface area contributed by atoms with Crippen LogP contribution in [-0.2, 0) is 0 Å². The van der Waals surface area contributed by atoms with Crippen LogP contribution in [0.25, 0.3) is 0 Å². The van der Waals surface area contributed by atoms with Crippen LogP contribution in [0.5, 0.6) is 0 Å². The highest BCUT2D eigenvalue weighted by Crippen LogP contribution is 2.22. The molecule has 21 heavy (non-hydrogen) atoms. The molecular weight excluding hydrogens is 258 g/mol. The lowest BCUT2D eigenvalue weighted by Crippen LogP contribution is -2.34. The first-order valence-corrected chi connectivity index (χ1v) is 8.60. The highest BCUT2D eigenvalue weighted by molar-refractivity contribution is 5.95. The first-order chi connectivity index (χ1) is 10.3. The number of nitrogens with zero attached hydrogens (tertiary/aromatic N) is 1. The lowest BCUT2D eigenvalue weighted by Gasteiger charge is -2.31. The molecule has 1 aromatic carbocycles. The Morgan fingerprint density at radius 1 is 1.14 bits per heavy atom. The Hall–Kier alpha value is -1.15. The number of Topliss-reactive ketones (excluding diaryl/α,β-unsaturated/α-hetero) is 1. The van der Waals surface area contributed by atoms with Crippen molar-refractivity contribution in [2.75, 3.05) is 19.6 Å². The van der Waals surface area contributed by atoms with Crippen molar-refractivity contribution in [3.63, 3.8) is 0 Å². The number of carbonyl (C=O) groups is 1. The van der Waals surface area contributed by atoms with E-state index in [9.17, 15) is 4.79 Å². The molecule has 1 fully saturated rings. The van der Waals surface area contributed by atoms with Crippen molar-refractivity contribution in [3.05, 3.63) is 35.9 Å². The van der Waals surface area contributed by atoms with E-state index in [1.165, 1.54) is 45.2 Å². The number of ketones is 1. The van der Waals surface area contributed by atoms with Crippen LogP contribution >= 0.6 is 0 Å². The van der Waals surface area contributed by atoms with E-state index in [1.54, 1.807) is 0 Å². The molecule has 1 heterocycles. The molecule has 0 N–H and O–H groups in total. The van der Waals surface area contributed by atoms with Crippen LogP contribution in [0.1, 0.15) is 62.2 Å². The van der Waals surface area contributed by atoms with Gasteiger partial charge in [0, 0.05) is 12.0 Å². The molecule has 2 nitrogen and oxygen atoms in total. The van der Waals surface area contributed by atoms with Gasteiger partial charge in [0.2, 0.25) is 0 Å². The molecule has 116 valence electrons. The second-order valence-electron chi connectivity index (χ2n) is 6.32. The van der Waals surface area contributed by atoms with Crippen molar-refractivity contribution >= 4 is 5.78 Å². The van der Waals surface area contributed by atoms with Gasteiger partial charge in [0.25, 0.3) is 0 Å². The van der Waals surface area contributed by atoms with Crippen LogP contribution in [0.3, 0.4) is 0 Å². The van der Waals surface area contributed by atoms with Crippen LogP contribution in [0, 0.1) is 5.92 Å². The zero-order valence-corrected chi connectivity index (χ0v) is 13.4. The fourth-order valence-electron chi connectivity index (χ4n) is 3.22. The molecule has 0 spiro atoms. The average Bonchev–Trinajstić information content (AvgIpc) is 2.55. The standard InChI is InChI=1S/C19H29NO/c1-2-3-8-17-12-15-20(16-13-17)14-7-11-19(21)18-9-5-4-6-10-18/h4-6,9-10,17H,2-3,7-8,11-16H2,1H3. The third-order valence-electron chi connectivity index (χ3n) is 4.65. The molecular formula is C19H29NO. The molecule has 0 aromatic heterocycles. The van der Waals surface area contributed by atoms with E-state index in [4.69, 9.17) is 0 Å². The van der Waals surface area contributed by atoms with Crippen LogP contribution in [0.4, 0.5) is 0 Å². The molecule has 0 unspecified atom stereocenters. The van der Waals surface area contributed by atoms with Gasteiger partial charge in [-0.25, -0.2) is 0 Å². The van der Waals surface area contributed by atoms with Gasteiger partial charge in [-0.15, -0.1) is 0 Å². The van der Waals surface area contributed by atoms with E-state index in [2.05, 4.69) is 11.8 Å². The first kappa shape index (κ1) is 16.2. The lowest BCUT2D eigenvalue weighted by atomic mass is 9.91. The summed E-state index contributed by atoms with van der Waals surface area (Å²) in [5, 5.41) is 0. The van der Waals surface area contributed by atoms with Crippen molar-refractivity contribution < 1.29 is 4.79 Å². The predicted molar refractivity (Wildman–Crippen MR) is 88.7 cm³/mol. The summed E-state index contributed by atoms with van der Waals surface area (Å²) >= 11 is 0. The number of benzene rings is 1. The molecule has 0 atom stereocenters. The quantitative estimate of drug-likeness (QED) is 0.654. The Bertz CT molecular complexity index is 407. The Morgan fingerprint density at radius 2 is 1.86 bits per heavy atom. The van der Waals surface area contributed by atoms with Crippen LogP contribution in [0.2, 0.25) is 0 Å². The SMILES string of the molecule is CCCCC1CCN(CCCC(=O)c2ccccc2)CC1. The molecule has 0 saturated carbocycles. The van der Waals surface area contributed by atoms with Gasteiger partial charge in [0.15, 0.2) is 5.78 Å². The molecule has 0 bridgehead atoms. The van der Waals surface area contributed by atoms with E-state index >= 15 is 0 Å². The maximum Gasteiger partial charge on any atom is 0.162 e. The summed E-state index contributed by atoms with van der Waals surface area (Å²) in [6.45, 7) is 5.82. The molecule has 1 aliphatic rings. The average molecular weight is 287 g/mol. The number of carbonyl (C=O) groups excluding carboxylic acids is 1. The zero-order valence-electron chi connectivity index (χ0n) is 13.4. The van der Waals surface area contributed by atoms with Crippen molar-refractivity contribution in [2.45, 2.75) is 51.9 Å². The van der Waals surface area contributed by atoms with Crippen molar-refractivity contribution in [1.82, 2.24) is 4.90 Å². The molecule has 2 heteroatoms. The number of hydrogen-bond acceptors (Lipinski definition) is 2. The minimum absolute atomic E-state index is 0.286. The number of piperidine rings is 1. The van der Waals surface area contributed by atoms with Gasteiger partial charge >= 0.3 is 0 Å². The number of rotatable bonds is 8. The molecule has 1 saturated heterocycles. The van der Waals surface area contributed by atoms with E-state index < -0.39 is 0 Å². The second kappa shape index (κ2) is 8.99. The number of unbranched alkanes of at least 4 members (excludes halogenated alkanes) is 1. The third kappa shape index (κ3) is 5.62. The summed E-state index contributed by atoms with van der Waals surface area (Å²) in [4.78, 5) is 14.6. The lowest BCUT2D eigenvalue weighted by molar-refractivity contribution is 0.0970. The van der Waals surface area contributed by atoms with Crippen LogP contribution in [-0.4, -0.2) is 30.3 Å². The summed E-state index contributed by atoms with van der Waals surface area (Å²) in [6.07, 6.45) is 8.50. The minimum atomic E-state index is 0.286. The van der Waals surface area contributed by atoms with E-state index in [0.717, 1.165) is 24.4 Å². The molecule has 1 aromatic rings. The summed E-state index contributed by atoms with van der Waals surface area (Å²) in [5.41, 5.74) is 0.857. The van der Waals surface area contributed by atoms with Gasteiger partial charge in [-0.1, -0.05) is 56.5 Å². The molecule has 0 aliphatic carbocycles. The number of hydrogen-bond donors (Lipinski definition) is 0. The fourth-order valence-corrected chi connectivity index (χ4v) is 3.22. The maximum absolute atomic E-state index is 12.0. The summed E-state index contributed by atoms with van der Waals surface area (Å²) in [5.74, 6) is 1.24. The zero-order chi connectivity index (χ0) is 14.9.